The third-order valence-electron chi connectivity index (χ3n) is 3.64. The zero-order valence-electron chi connectivity index (χ0n) is 13.5. The summed E-state index contributed by atoms with van der Waals surface area (Å²) in [7, 11) is 0. The molecule has 25 heavy (non-hydrogen) atoms. The van der Waals surface area contributed by atoms with Gasteiger partial charge in [0.2, 0.25) is 0 Å². The number of hydrogen-bond donors (Lipinski definition) is 3. The molecule has 0 radical (unpaired) electrons. The number of carbonyl (C=O) groups excluding carboxylic acids is 1. The number of anilines is 2. The number of nitrogens with one attached hydrogen (secondary N) is 3. The first-order valence-corrected chi connectivity index (χ1v) is 8.35. The summed E-state index contributed by atoms with van der Waals surface area (Å²) in [6, 6.07) is 17.3. The van der Waals surface area contributed by atoms with Crippen LogP contribution in [0.1, 0.15) is 22.5 Å². The van der Waals surface area contributed by atoms with Crippen molar-refractivity contribution in [3.63, 3.8) is 0 Å². The van der Waals surface area contributed by atoms with Crippen molar-refractivity contribution in [1.29, 1.82) is 0 Å². The first-order chi connectivity index (χ1) is 12.2. The van der Waals surface area contributed by atoms with E-state index in [-0.39, 0.29) is 11.6 Å². The molecule has 1 heterocycles. The van der Waals surface area contributed by atoms with Crippen molar-refractivity contribution in [1.82, 2.24) is 20.7 Å². The van der Waals surface area contributed by atoms with Crippen molar-refractivity contribution in [3.8, 4) is 0 Å². The second-order valence-electron chi connectivity index (χ2n) is 5.50. The fourth-order valence-electron chi connectivity index (χ4n) is 2.37. The summed E-state index contributed by atoms with van der Waals surface area (Å²) in [4.78, 5) is 12.3. The van der Waals surface area contributed by atoms with E-state index in [4.69, 9.17) is 11.6 Å². The van der Waals surface area contributed by atoms with Crippen LogP contribution in [0.3, 0.4) is 0 Å². The molecule has 0 aliphatic carbocycles. The molecule has 0 saturated carbocycles. The maximum atomic E-state index is 12.3. The summed E-state index contributed by atoms with van der Waals surface area (Å²) in [5.41, 5.74) is 2.26. The largest absolute Gasteiger partial charge is 0.351 e. The zero-order chi connectivity index (χ0) is 17.5. The molecule has 128 valence electrons. The average molecular weight is 356 g/mol. The van der Waals surface area contributed by atoms with Crippen LogP contribution in [0.15, 0.2) is 54.6 Å². The Bertz CT molecular complexity index is 817. The lowest BCUT2D eigenvalue weighted by atomic mass is 10.1. The van der Waals surface area contributed by atoms with Crippen LogP contribution in [-0.4, -0.2) is 27.9 Å². The van der Waals surface area contributed by atoms with Crippen molar-refractivity contribution in [2.75, 3.05) is 11.9 Å². The highest BCUT2D eigenvalue weighted by Crippen LogP contribution is 2.19. The Kier molecular flexibility index (Phi) is 5.64. The minimum Gasteiger partial charge on any atom is -0.351 e. The lowest BCUT2D eigenvalue weighted by molar-refractivity contribution is 0.0949. The van der Waals surface area contributed by atoms with Gasteiger partial charge in [0.1, 0.15) is 0 Å². The molecule has 2 aromatic carbocycles. The summed E-state index contributed by atoms with van der Waals surface area (Å²) in [6.45, 7) is 0.570. The third kappa shape index (κ3) is 4.81. The van der Waals surface area contributed by atoms with Crippen molar-refractivity contribution >= 4 is 29.0 Å². The van der Waals surface area contributed by atoms with E-state index >= 15 is 0 Å². The summed E-state index contributed by atoms with van der Waals surface area (Å²) in [5.74, 6) is 0.112. The molecule has 0 bridgehead atoms. The number of hydrogen-bond acceptors (Lipinski definition) is 4. The first kappa shape index (κ1) is 17.0. The van der Waals surface area contributed by atoms with Gasteiger partial charge in [-0.1, -0.05) is 41.9 Å². The number of amides is 1. The van der Waals surface area contributed by atoms with Crippen LogP contribution in [0.2, 0.25) is 5.02 Å². The van der Waals surface area contributed by atoms with E-state index < -0.39 is 0 Å². The second-order valence-corrected chi connectivity index (χ2v) is 5.93. The van der Waals surface area contributed by atoms with Crippen LogP contribution in [0.4, 0.5) is 11.5 Å². The predicted octanol–water partition coefficient (Wildman–Crippen LogP) is 3.56. The Balaban J connectivity index is 1.52. The Morgan fingerprint density at radius 2 is 1.80 bits per heavy atom. The summed E-state index contributed by atoms with van der Waals surface area (Å²) in [5, 5.41) is 17.0. The normalized spacial score (nSPS) is 10.4. The van der Waals surface area contributed by atoms with Crippen LogP contribution in [0, 0.1) is 0 Å². The standard InChI is InChI=1S/C18H18ClN5O/c19-14-8-10-15(11-9-14)21-17-16(22-24-23-17)18(25)20-12-4-7-13-5-2-1-3-6-13/h1-3,5-6,8-11H,4,7,12H2,(H,20,25)(H2,21,22,23,24). The monoisotopic (exact) mass is 355 g/mol. The van der Waals surface area contributed by atoms with Gasteiger partial charge in [0.25, 0.3) is 5.91 Å². The fraction of sp³-hybridized carbons (Fsp3) is 0.167. The quantitative estimate of drug-likeness (QED) is 0.566. The smallest absolute Gasteiger partial charge is 0.275 e. The van der Waals surface area contributed by atoms with E-state index in [9.17, 15) is 4.79 Å². The second kappa shape index (κ2) is 8.30. The Labute approximate surface area is 150 Å². The first-order valence-electron chi connectivity index (χ1n) is 7.98. The molecule has 0 atom stereocenters. The van der Waals surface area contributed by atoms with Crippen LogP contribution in [0.25, 0.3) is 0 Å². The minimum atomic E-state index is -0.265. The van der Waals surface area contributed by atoms with Crippen LogP contribution in [-0.2, 0) is 6.42 Å². The number of nitrogens with zero attached hydrogens (tertiary/aromatic N) is 2. The molecule has 0 saturated heterocycles. The van der Waals surface area contributed by atoms with Gasteiger partial charge in [0.15, 0.2) is 11.5 Å². The number of aromatic nitrogens is 3. The molecule has 3 N–H and O–H groups in total. The van der Waals surface area contributed by atoms with Gasteiger partial charge in [-0.2, -0.15) is 5.21 Å². The van der Waals surface area contributed by atoms with E-state index in [0.717, 1.165) is 18.5 Å². The third-order valence-corrected chi connectivity index (χ3v) is 3.89. The molecule has 0 aliphatic heterocycles. The maximum Gasteiger partial charge on any atom is 0.275 e. The van der Waals surface area contributed by atoms with E-state index in [2.05, 4.69) is 38.2 Å². The lowest BCUT2D eigenvalue weighted by Gasteiger charge is -2.06. The molecular formula is C18H18ClN5O. The van der Waals surface area contributed by atoms with Gasteiger partial charge < -0.3 is 10.6 Å². The van der Waals surface area contributed by atoms with Crippen molar-refractivity contribution in [2.45, 2.75) is 12.8 Å². The van der Waals surface area contributed by atoms with Crippen LogP contribution in [0.5, 0.6) is 0 Å². The van der Waals surface area contributed by atoms with Gasteiger partial charge in [0.05, 0.1) is 0 Å². The number of rotatable bonds is 7. The van der Waals surface area contributed by atoms with E-state index in [1.165, 1.54) is 5.56 Å². The Morgan fingerprint density at radius 1 is 1.04 bits per heavy atom. The highest BCUT2D eigenvalue weighted by Gasteiger charge is 2.16. The number of aryl methyl sites for hydroxylation is 1. The van der Waals surface area contributed by atoms with Gasteiger partial charge in [-0.25, -0.2) is 0 Å². The molecule has 0 aliphatic rings. The molecule has 0 spiro atoms. The molecule has 1 amide bonds. The number of H-pyrrole nitrogens is 1. The SMILES string of the molecule is O=C(NCCCc1ccccc1)c1n[nH]nc1Nc1ccc(Cl)cc1. The maximum absolute atomic E-state index is 12.3. The number of carbonyl (C=O) groups is 1. The predicted molar refractivity (Wildman–Crippen MR) is 98.2 cm³/mol. The number of benzene rings is 2. The average Bonchev–Trinajstić information content (AvgIpc) is 3.10. The minimum absolute atomic E-state index is 0.231. The molecule has 0 fully saturated rings. The van der Waals surface area contributed by atoms with Gasteiger partial charge in [-0.3, -0.25) is 4.79 Å². The van der Waals surface area contributed by atoms with Gasteiger partial charge >= 0.3 is 0 Å². The number of halogens is 1. The molecule has 3 rings (SSSR count). The van der Waals surface area contributed by atoms with E-state index in [1.54, 1.807) is 24.3 Å². The molecule has 1 aromatic heterocycles. The lowest BCUT2D eigenvalue weighted by Crippen LogP contribution is -2.25. The Morgan fingerprint density at radius 3 is 2.56 bits per heavy atom. The van der Waals surface area contributed by atoms with E-state index in [1.807, 2.05) is 18.2 Å². The van der Waals surface area contributed by atoms with Gasteiger partial charge in [-0.15, -0.1) is 10.2 Å². The fourth-order valence-corrected chi connectivity index (χ4v) is 2.50. The topological polar surface area (TPSA) is 82.7 Å². The zero-order valence-corrected chi connectivity index (χ0v) is 14.3. The van der Waals surface area contributed by atoms with Crippen LogP contribution < -0.4 is 10.6 Å². The van der Waals surface area contributed by atoms with Gasteiger partial charge in [0, 0.05) is 17.3 Å². The molecule has 0 unspecified atom stereocenters. The summed E-state index contributed by atoms with van der Waals surface area (Å²) in [6.07, 6.45) is 1.77. The highest BCUT2D eigenvalue weighted by atomic mass is 35.5. The molecule has 3 aromatic rings. The van der Waals surface area contributed by atoms with Crippen molar-refractivity contribution in [2.24, 2.45) is 0 Å². The number of aromatic amines is 1. The van der Waals surface area contributed by atoms with E-state index in [0.29, 0.717) is 17.4 Å². The van der Waals surface area contributed by atoms with Crippen molar-refractivity contribution in [3.05, 3.63) is 70.9 Å². The van der Waals surface area contributed by atoms with Gasteiger partial charge in [-0.05, 0) is 42.7 Å². The molecular weight excluding hydrogens is 338 g/mol. The Hall–Kier alpha value is -2.86. The highest BCUT2D eigenvalue weighted by molar-refractivity contribution is 6.30. The summed E-state index contributed by atoms with van der Waals surface area (Å²) < 4.78 is 0. The molecule has 6 nitrogen and oxygen atoms in total. The van der Waals surface area contributed by atoms with Crippen molar-refractivity contribution < 1.29 is 4.79 Å². The summed E-state index contributed by atoms with van der Waals surface area (Å²) >= 11 is 5.86. The van der Waals surface area contributed by atoms with Crippen LogP contribution >= 0.6 is 11.6 Å². The molecule has 7 heteroatoms.